The van der Waals surface area contributed by atoms with Crippen LogP contribution in [0.3, 0.4) is 0 Å². The second-order valence-corrected chi connectivity index (χ2v) is 10.9. The number of carbonyl (C=O) groups is 3. The number of benzene rings is 3. The molecule has 1 N–H and O–H groups in total. The number of anilines is 1. The van der Waals surface area contributed by atoms with Gasteiger partial charge in [0.1, 0.15) is 23.0 Å². The quantitative estimate of drug-likeness (QED) is 0.0594. The van der Waals surface area contributed by atoms with Crippen LogP contribution in [0.5, 0.6) is 5.75 Å². The standard InChI is InChI=1S/C32H27N3O8S/c1-4-42-31(39)29-19(3)33-32(44-29)34-26(21-10-13-23(14-11-21)35(40)41)25(28(37)30(34)38)27(36)22-12-15-24(18(2)16-22)43-17-20-8-6-5-7-9-20/h5-16,26,36H,4,17H2,1-3H3/b27-25-. The molecule has 1 aliphatic heterocycles. The van der Waals surface area contributed by atoms with Crippen LogP contribution in [0.25, 0.3) is 5.76 Å². The predicted octanol–water partition coefficient (Wildman–Crippen LogP) is 6.05. The average Bonchev–Trinajstić information content (AvgIpc) is 3.52. The number of carbonyl (C=O) groups excluding carboxylic acids is 3. The van der Waals surface area contributed by atoms with E-state index in [0.29, 0.717) is 29.2 Å². The smallest absolute Gasteiger partial charge is 0.350 e. The monoisotopic (exact) mass is 613 g/mol. The molecule has 4 aromatic rings. The molecule has 44 heavy (non-hydrogen) atoms. The van der Waals surface area contributed by atoms with Crippen molar-refractivity contribution in [3.8, 4) is 5.75 Å². The summed E-state index contributed by atoms with van der Waals surface area (Å²) in [6, 6.07) is 18.6. The first-order valence-electron chi connectivity index (χ1n) is 13.6. The molecule has 11 nitrogen and oxygen atoms in total. The second kappa shape index (κ2) is 12.5. The highest BCUT2D eigenvalue weighted by atomic mass is 32.1. The first-order chi connectivity index (χ1) is 21.1. The van der Waals surface area contributed by atoms with E-state index < -0.39 is 34.4 Å². The Morgan fingerprint density at radius 1 is 1.07 bits per heavy atom. The van der Waals surface area contributed by atoms with Crippen LogP contribution in [0.4, 0.5) is 10.8 Å². The normalized spacial score (nSPS) is 15.8. The Morgan fingerprint density at radius 3 is 2.41 bits per heavy atom. The Bertz CT molecular complexity index is 1800. The first kappa shape index (κ1) is 30.1. The lowest BCUT2D eigenvalue weighted by atomic mass is 9.94. The lowest BCUT2D eigenvalue weighted by Crippen LogP contribution is -2.29. The fraction of sp³-hybridized carbons (Fsp3) is 0.188. The number of aryl methyl sites for hydroxylation is 2. The average molecular weight is 614 g/mol. The Labute approximate surface area is 256 Å². The topological polar surface area (TPSA) is 149 Å². The zero-order valence-electron chi connectivity index (χ0n) is 24.0. The van der Waals surface area contributed by atoms with Crippen LogP contribution in [0.15, 0.2) is 78.4 Å². The van der Waals surface area contributed by atoms with Gasteiger partial charge < -0.3 is 14.6 Å². The van der Waals surface area contributed by atoms with Crippen molar-refractivity contribution in [2.75, 3.05) is 11.5 Å². The number of amides is 1. The first-order valence-corrected chi connectivity index (χ1v) is 14.4. The fourth-order valence-corrected chi connectivity index (χ4v) is 5.83. The fourth-order valence-electron chi connectivity index (χ4n) is 4.84. The molecule has 1 fully saturated rings. The van der Waals surface area contributed by atoms with E-state index in [2.05, 4.69) is 4.98 Å². The summed E-state index contributed by atoms with van der Waals surface area (Å²) in [6.07, 6.45) is 0. The van der Waals surface area contributed by atoms with Crippen LogP contribution < -0.4 is 9.64 Å². The maximum absolute atomic E-state index is 13.5. The van der Waals surface area contributed by atoms with Gasteiger partial charge in [0.05, 0.1) is 28.8 Å². The Hall–Kier alpha value is -5.36. The number of nitrogens with zero attached hydrogens (tertiary/aromatic N) is 3. The molecule has 0 bridgehead atoms. The van der Waals surface area contributed by atoms with E-state index in [9.17, 15) is 29.6 Å². The number of esters is 1. The van der Waals surface area contributed by atoms with E-state index in [4.69, 9.17) is 9.47 Å². The molecule has 1 unspecified atom stereocenters. The highest BCUT2D eigenvalue weighted by Gasteiger charge is 2.48. The van der Waals surface area contributed by atoms with Gasteiger partial charge in [-0.05, 0) is 67.8 Å². The highest BCUT2D eigenvalue weighted by Crippen LogP contribution is 2.44. The Balaban J connectivity index is 1.58. The molecule has 1 atom stereocenters. The van der Waals surface area contributed by atoms with Gasteiger partial charge in [0.2, 0.25) is 0 Å². The molecular formula is C32H27N3O8S. The van der Waals surface area contributed by atoms with E-state index in [1.807, 2.05) is 30.3 Å². The number of ether oxygens (including phenoxy) is 2. The van der Waals surface area contributed by atoms with E-state index in [1.165, 1.54) is 24.3 Å². The van der Waals surface area contributed by atoms with E-state index in [0.717, 1.165) is 21.8 Å². The number of hydrogen-bond acceptors (Lipinski definition) is 10. The van der Waals surface area contributed by atoms with Gasteiger partial charge in [-0.2, -0.15) is 0 Å². The SMILES string of the molecule is CCOC(=O)c1sc(N2C(=O)C(=O)/C(=C(\O)c3ccc(OCc4ccccc4)c(C)c3)C2c2ccc([N+](=O)[O-])cc2)nc1C. The van der Waals surface area contributed by atoms with Crippen molar-refractivity contribution >= 4 is 45.6 Å². The molecule has 0 aliphatic carbocycles. The van der Waals surface area contributed by atoms with E-state index >= 15 is 0 Å². The van der Waals surface area contributed by atoms with Crippen LogP contribution in [-0.4, -0.2) is 39.3 Å². The summed E-state index contributed by atoms with van der Waals surface area (Å²) >= 11 is 0.873. The molecule has 1 saturated heterocycles. The number of aliphatic hydroxyl groups is 1. The van der Waals surface area contributed by atoms with Crippen molar-refractivity contribution in [3.63, 3.8) is 0 Å². The number of thiazole rings is 1. The van der Waals surface area contributed by atoms with Gasteiger partial charge in [-0.25, -0.2) is 9.78 Å². The van der Waals surface area contributed by atoms with Crippen molar-refractivity contribution in [1.29, 1.82) is 0 Å². The highest BCUT2D eigenvalue weighted by molar-refractivity contribution is 7.17. The van der Waals surface area contributed by atoms with Gasteiger partial charge in [-0.1, -0.05) is 41.7 Å². The van der Waals surface area contributed by atoms with Gasteiger partial charge >= 0.3 is 11.9 Å². The molecule has 224 valence electrons. The molecule has 0 saturated carbocycles. The van der Waals surface area contributed by atoms with Crippen molar-refractivity contribution in [2.45, 2.75) is 33.4 Å². The summed E-state index contributed by atoms with van der Waals surface area (Å²) < 4.78 is 11.0. The number of hydrogen-bond donors (Lipinski definition) is 1. The summed E-state index contributed by atoms with van der Waals surface area (Å²) in [5.74, 6) is -2.44. The Kier molecular flexibility index (Phi) is 8.54. The van der Waals surface area contributed by atoms with E-state index in [1.54, 1.807) is 39.0 Å². The molecule has 1 aliphatic rings. The summed E-state index contributed by atoms with van der Waals surface area (Å²) in [6.45, 7) is 5.49. The lowest BCUT2D eigenvalue weighted by molar-refractivity contribution is -0.384. The number of Topliss-reactive ketones (excluding diaryl/α,β-unsaturated/α-hetero) is 1. The maximum Gasteiger partial charge on any atom is 0.350 e. The third-order valence-corrected chi connectivity index (χ3v) is 8.14. The van der Waals surface area contributed by atoms with Crippen LogP contribution >= 0.6 is 11.3 Å². The number of nitro groups is 1. The molecule has 1 aromatic heterocycles. The summed E-state index contributed by atoms with van der Waals surface area (Å²) in [7, 11) is 0. The molecule has 12 heteroatoms. The molecule has 0 radical (unpaired) electrons. The zero-order valence-corrected chi connectivity index (χ0v) is 24.8. The van der Waals surface area contributed by atoms with Crippen LogP contribution in [0.1, 0.15) is 50.6 Å². The maximum atomic E-state index is 13.5. The van der Waals surface area contributed by atoms with Gasteiger partial charge in [0.15, 0.2) is 5.13 Å². The van der Waals surface area contributed by atoms with Crippen LogP contribution in [-0.2, 0) is 20.9 Å². The van der Waals surface area contributed by atoms with Crippen LogP contribution in [0.2, 0.25) is 0 Å². The minimum Gasteiger partial charge on any atom is -0.507 e. The third-order valence-electron chi connectivity index (χ3n) is 7.00. The lowest BCUT2D eigenvalue weighted by Gasteiger charge is -2.23. The van der Waals surface area contributed by atoms with Crippen LogP contribution in [0, 0.1) is 24.0 Å². The van der Waals surface area contributed by atoms with Crippen molar-refractivity contribution in [1.82, 2.24) is 4.98 Å². The number of rotatable bonds is 9. The van der Waals surface area contributed by atoms with Crippen molar-refractivity contribution in [3.05, 3.63) is 121 Å². The molecule has 2 heterocycles. The number of aromatic nitrogens is 1. The van der Waals surface area contributed by atoms with Gasteiger partial charge in [0, 0.05) is 17.7 Å². The molecule has 0 spiro atoms. The molecule has 1 amide bonds. The number of non-ortho nitro benzene ring substituents is 1. The minimum absolute atomic E-state index is 0.0379. The zero-order chi connectivity index (χ0) is 31.5. The number of ketones is 1. The number of aliphatic hydroxyl groups excluding tert-OH is 1. The summed E-state index contributed by atoms with van der Waals surface area (Å²) in [5.41, 5.74) is 2.12. The molecule has 5 rings (SSSR count). The Morgan fingerprint density at radius 2 is 1.77 bits per heavy atom. The van der Waals surface area contributed by atoms with E-state index in [-0.39, 0.29) is 33.4 Å². The second-order valence-electron chi connectivity index (χ2n) is 9.90. The summed E-state index contributed by atoms with van der Waals surface area (Å²) in [5, 5.41) is 22.9. The number of nitro benzene ring substituents is 1. The van der Waals surface area contributed by atoms with Crippen molar-refractivity contribution in [2.24, 2.45) is 0 Å². The van der Waals surface area contributed by atoms with Crippen molar-refractivity contribution < 1.29 is 33.9 Å². The minimum atomic E-state index is -1.19. The molecule has 3 aromatic carbocycles. The van der Waals surface area contributed by atoms with Gasteiger partial charge in [0.25, 0.3) is 11.5 Å². The van der Waals surface area contributed by atoms with Gasteiger partial charge in [-0.15, -0.1) is 0 Å². The predicted molar refractivity (Wildman–Crippen MR) is 163 cm³/mol. The largest absolute Gasteiger partial charge is 0.507 e. The third kappa shape index (κ3) is 5.79. The molecular weight excluding hydrogens is 586 g/mol. The summed E-state index contributed by atoms with van der Waals surface area (Å²) in [4.78, 5) is 55.9. The van der Waals surface area contributed by atoms with Gasteiger partial charge in [-0.3, -0.25) is 24.6 Å².